The van der Waals surface area contributed by atoms with Gasteiger partial charge in [0.15, 0.2) is 0 Å². The van der Waals surface area contributed by atoms with E-state index in [1.54, 1.807) is 0 Å². The zero-order valence-corrected chi connectivity index (χ0v) is 8.45. The molecule has 1 heterocycles. The van der Waals surface area contributed by atoms with Gasteiger partial charge < -0.3 is 5.32 Å². The molecular weight excluding hydrogens is 156 g/mol. The minimum absolute atomic E-state index is 0.723. The maximum absolute atomic E-state index is 3.31. The molecule has 1 fully saturated rings. The molecule has 66 valence electrons. The summed E-state index contributed by atoms with van der Waals surface area (Å²) in [4.78, 5) is 0. The largest absolute Gasteiger partial charge is 0.316 e. The van der Waals surface area contributed by atoms with Crippen molar-refractivity contribution in [3.63, 3.8) is 0 Å². The third kappa shape index (κ3) is 3.01. The highest BCUT2D eigenvalue weighted by molar-refractivity contribution is 7.97. The fourth-order valence-electron chi connectivity index (χ4n) is 1.36. The minimum atomic E-state index is 0.723. The second-order valence-corrected chi connectivity index (χ2v) is 4.99. The van der Waals surface area contributed by atoms with Crippen molar-refractivity contribution in [1.29, 1.82) is 0 Å². The van der Waals surface area contributed by atoms with Crippen LogP contribution in [0.15, 0.2) is 0 Å². The molecule has 0 amide bonds. The molecule has 1 unspecified atom stereocenters. The summed E-state index contributed by atoms with van der Waals surface area (Å²) in [5.41, 5.74) is 0. The number of nitrogens with one attached hydrogen (secondary N) is 1. The lowest BCUT2D eigenvalue weighted by Crippen LogP contribution is -2.27. The van der Waals surface area contributed by atoms with Crippen LogP contribution in [0, 0.1) is 0 Å². The maximum Gasteiger partial charge on any atom is 0.0244 e. The average Bonchev–Trinajstić information content (AvgIpc) is 2.34. The number of hydrogen-bond acceptors (Lipinski definition) is 3. The van der Waals surface area contributed by atoms with Gasteiger partial charge in [-0.3, -0.25) is 0 Å². The Morgan fingerprint density at radius 1 is 1.55 bits per heavy atom. The maximum atomic E-state index is 3.31. The van der Waals surface area contributed by atoms with Crippen molar-refractivity contribution in [3.8, 4) is 0 Å². The highest BCUT2D eigenvalue weighted by atomic mass is 32.2. The lowest BCUT2D eigenvalue weighted by Gasteiger charge is -2.16. The molecule has 0 aliphatic carbocycles. The molecule has 1 atom stereocenters. The van der Waals surface area contributed by atoms with E-state index in [1.165, 1.54) is 19.5 Å². The molecule has 2 nitrogen and oxygen atoms in total. The monoisotopic (exact) mass is 174 g/mol. The smallest absolute Gasteiger partial charge is 0.0244 e. The molecule has 1 saturated heterocycles. The van der Waals surface area contributed by atoms with E-state index in [4.69, 9.17) is 0 Å². The van der Waals surface area contributed by atoms with E-state index in [9.17, 15) is 0 Å². The van der Waals surface area contributed by atoms with Gasteiger partial charge in [-0.1, -0.05) is 25.8 Å². The van der Waals surface area contributed by atoms with Crippen molar-refractivity contribution in [2.45, 2.75) is 31.6 Å². The number of nitrogens with zero attached hydrogens (tertiary/aromatic N) is 1. The number of likely N-dealkylation sites (N-methyl/N-ethyl adjacent to an activating group) is 1. The molecule has 0 aromatic rings. The van der Waals surface area contributed by atoms with Gasteiger partial charge in [-0.25, -0.2) is 4.31 Å². The Hall–Kier alpha value is 0.270. The summed E-state index contributed by atoms with van der Waals surface area (Å²) in [6.45, 7) is 6.95. The molecule has 1 aliphatic rings. The molecule has 0 aromatic heterocycles. The fourth-order valence-corrected chi connectivity index (χ4v) is 2.43. The minimum Gasteiger partial charge on any atom is -0.316 e. The van der Waals surface area contributed by atoms with Crippen molar-refractivity contribution in [2.24, 2.45) is 0 Å². The van der Waals surface area contributed by atoms with E-state index in [2.05, 4.69) is 23.5 Å². The first-order valence-electron chi connectivity index (χ1n) is 4.31. The Kier molecular flexibility index (Phi) is 3.69. The topological polar surface area (TPSA) is 15.3 Å². The van der Waals surface area contributed by atoms with Crippen LogP contribution in [0.2, 0.25) is 0 Å². The highest BCUT2D eigenvalue weighted by Crippen LogP contribution is 2.22. The molecule has 1 rings (SSSR count). The van der Waals surface area contributed by atoms with E-state index < -0.39 is 0 Å². The summed E-state index contributed by atoms with van der Waals surface area (Å²) in [5.74, 6) is 0. The molecule has 1 aliphatic heterocycles. The SMILES string of the molecule is CNC1CCN(SC(C)C)C1. The van der Waals surface area contributed by atoms with Crippen LogP contribution in [0.1, 0.15) is 20.3 Å². The molecule has 0 saturated carbocycles. The van der Waals surface area contributed by atoms with Gasteiger partial charge in [0.05, 0.1) is 0 Å². The van der Waals surface area contributed by atoms with Crippen molar-refractivity contribution in [1.82, 2.24) is 9.62 Å². The fraction of sp³-hybridized carbons (Fsp3) is 1.00. The van der Waals surface area contributed by atoms with Crippen molar-refractivity contribution in [2.75, 3.05) is 20.1 Å². The Morgan fingerprint density at radius 2 is 2.27 bits per heavy atom. The molecule has 0 spiro atoms. The molecule has 11 heavy (non-hydrogen) atoms. The lowest BCUT2D eigenvalue weighted by molar-refractivity contribution is 0.540. The summed E-state index contributed by atoms with van der Waals surface area (Å²) in [5, 5.41) is 4.04. The van der Waals surface area contributed by atoms with Crippen LogP contribution < -0.4 is 5.32 Å². The quantitative estimate of drug-likeness (QED) is 0.650. The third-order valence-electron chi connectivity index (χ3n) is 1.92. The molecule has 0 aromatic carbocycles. The lowest BCUT2D eigenvalue weighted by atomic mass is 10.3. The van der Waals surface area contributed by atoms with Crippen molar-refractivity contribution < 1.29 is 0 Å². The normalized spacial score (nSPS) is 26.7. The van der Waals surface area contributed by atoms with E-state index in [0.29, 0.717) is 0 Å². The predicted octanol–water partition coefficient (Wildman–Crippen LogP) is 1.34. The van der Waals surface area contributed by atoms with E-state index in [-0.39, 0.29) is 0 Å². The molecule has 3 heteroatoms. The first-order chi connectivity index (χ1) is 5.22. The van der Waals surface area contributed by atoms with Gasteiger partial charge >= 0.3 is 0 Å². The van der Waals surface area contributed by atoms with Gasteiger partial charge in [0, 0.05) is 24.4 Å². The van der Waals surface area contributed by atoms with Gasteiger partial charge in [-0.05, 0) is 13.5 Å². The zero-order valence-electron chi connectivity index (χ0n) is 7.63. The second-order valence-electron chi connectivity index (χ2n) is 3.32. The van der Waals surface area contributed by atoms with Crippen LogP contribution in [0.25, 0.3) is 0 Å². The Morgan fingerprint density at radius 3 is 2.73 bits per heavy atom. The van der Waals surface area contributed by atoms with Crippen LogP contribution in [0.5, 0.6) is 0 Å². The highest BCUT2D eigenvalue weighted by Gasteiger charge is 2.21. The van der Waals surface area contributed by atoms with Gasteiger partial charge in [0.2, 0.25) is 0 Å². The summed E-state index contributed by atoms with van der Waals surface area (Å²) in [7, 11) is 2.05. The summed E-state index contributed by atoms with van der Waals surface area (Å²) in [6, 6.07) is 0.723. The molecular formula is C8H18N2S. The molecule has 1 N–H and O–H groups in total. The van der Waals surface area contributed by atoms with Crippen molar-refractivity contribution >= 4 is 11.9 Å². The van der Waals surface area contributed by atoms with E-state index in [0.717, 1.165) is 11.3 Å². The first-order valence-corrected chi connectivity index (χ1v) is 5.15. The molecule has 0 bridgehead atoms. The standard InChI is InChI=1S/C8H18N2S/c1-7(2)11-10-5-4-8(6-10)9-3/h7-9H,4-6H2,1-3H3. The van der Waals surface area contributed by atoms with Gasteiger partial charge in [-0.2, -0.15) is 0 Å². The average molecular weight is 174 g/mol. The third-order valence-corrected chi connectivity index (χ3v) is 2.97. The summed E-state index contributed by atoms with van der Waals surface area (Å²) in [6.07, 6.45) is 1.30. The van der Waals surface area contributed by atoms with Crippen LogP contribution in [0.4, 0.5) is 0 Å². The van der Waals surface area contributed by atoms with Crippen LogP contribution >= 0.6 is 11.9 Å². The summed E-state index contributed by atoms with van der Waals surface area (Å²) >= 11 is 1.97. The zero-order chi connectivity index (χ0) is 8.27. The van der Waals surface area contributed by atoms with Crippen LogP contribution in [0.3, 0.4) is 0 Å². The van der Waals surface area contributed by atoms with Crippen LogP contribution in [-0.2, 0) is 0 Å². The number of hydrogen-bond donors (Lipinski definition) is 1. The Labute approximate surface area is 73.9 Å². The van der Waals surface area contributed by atoms with E-state index in [1.807, 2.05) is 19.0 Å². The second kappa shape index (κ2) is 4.33. The number of rotatable bonds is 3. The Balaban J connectivity index is 2.19. The van der Waals surface area contributed by atoms with E-state index >= 15 is 0 Å². The van der Waals surface area contributed by atoms with Gasteiger partial charge in [0.25, 0.3) is 0 Å². The predicted molar refractivity (Wildman–Crippen MR) is 51.8 cm³/mol. The van der Waals surface area contributed by atoms with Crippen molar-refractivity contribution in [3.05, 3.63) is 0 Å². The summed E-state index contributed by atoms with van der Waals surface area (Å²) < 4.78 is 2.46. The molecule has 0 radical (unpaired) electrons. The van der Waals surface area contributed by atoms with Gasteiger partial charge in [0.1, 0.15) is 0 Å². The Bertz CT molecular complexity index is 117. The van der Waals surface area contributed by atoms with Gasteiger partial charge in [-0.15, -0.1) is 0 Å². The van der Waals surface area contributed by atoms with Crippen LogP contribution in [-0.4, -0.2) is 35.7 Å². The first kappa shape index (κ1) is 9.36.